The highest BCUT2D eigenvalue weighted by atomic mass is 16.5. The van der Waals surface area contributed by atoms with Gasteiger partial charge in [0.15, 0.2) is 11.9 Å². The number of carbonyl (C=O) groups is 1. The van der Waals surface area contributed by atoms with Crippen molar-refractivity contribution < 1.29 is 9.53 Å². The molecule has 1 atom stereocenters. The average Bonchev–Trinajstić information content (AvgIpc) is 2.39. The van der Waals surface area contributed by atoms with Gasteiger partial charge in [-0.2, -0.15) is 0 Å². The Kier molecular flexibility index (Phi) is 2.52. The first-order valence-electron chi connectivity index (χ1n) is 5.87. The maximum Gasteiger partial charge on any atom is 0.182 e. The standard InChI is InChI=1S/C15H13NO2/c16-12-7-5-10(6-8-12)15-13(17)9-11-3-1-2-4-14(11)18-15/h1-8,15H,9,16H2. The van der Waals surface area contributed by atoms with Gasteiger partial charge in [0.05, 0.1) is 0 Å². The number of ether oxygens (including phenoxy) is 1. The number of ketones is 1. The van der Waals surface area contributed by atoms with Gasteiger partial charge in [0.1, 0.15) is 5.75 Å². The molecule has 0 aromatic heterocycles. The molecule has 1 aliphatic rings. The van der Waals surface area contributed by atoms with Crippen molar-refractivity contribution in [2.75, 3.05) is 5.73 Å². The highest BCUT2D eigenvalue weighted by Gasteiger charge is 2.28. The molecule has 0 bridgehead atoms. The van der Waals surface area contributed by atoms with E-state index in [2.05, 4.69) is 0 Å². The first-order chi connectivity index (χ1) is 8.74. The topological polar surface area (TPSA) is 52.3 Å². The van der Waals surface area contributed by atoms with Gasteiger partial charge in [-0.15, -0.1) is 0 Å². The quantitative estimate of drug-likeness (QED) is 0.778. The first kappa shape index (κ1) is 10.8. The Hall–Kier alpha value is -2.29. The molecule has 0 radical (unpaired) electrons. The third-order valence-electron chi connectivity index (χ3n) is 3.11. The minimum atomic E-state index is -0.513. The largest absolute Gasteiger partial charge is 0.478 e. The molecule has 0 fully saturated rings. The van der Waals surface area contributed by atoms with E-state index >= 15 is 0 Å². The van der Waals surface area contributed by atoms with Crippen molar-refractivity contribution in [2.24, 2.45) is 0 Å². The van der Waals surface area contributed by atoms with Crippen molar-refractivity contribution in [2.45, 2.75) is 12.5 Å². The van der Waals surface area contributed by atoms with E-state index in [4.69, 9.17) is 10.5 Å². The highest BCUT2D eigenvalue weighted by molar-refractivity contribution is 5.88. The predicted molar refractivity (Wildman–Crippen MR) is 69.4 cm³/mol. The normalized spacial score (nSPS) is 18.0. The number of nitrogens with two attached hydrogens (primary N) is 1. The molecule has 3 heteroatoms. The zero-order chi connectivity index (χ0) is 12.5. The fourth-order valence-electron chi connectivity index (χ4n) is 2.16. The summed E-state index contributed by atoms with van der Waals surface area (Å²) >= 11 is 0. The van der Waals surface area contributed by atoms with Crippen molar-refractivity contribution in [3.8, 4) is 5.75 Å². The Labute approximate surface area is 105 Å². The van der Waals surface area contributed by atoms with Crippen LogP contribution in [0.15, 0.2) is 48.5 Å². The van der Waals surface area contributed by atoms with Crippen LogP contribution in [0.25, 0.3) is 0 Å². The summed E-state index contributed by atoms with van der Waals surface area (Å²) in [6, 6.07) is 14.9. The number of Topliss-reactive ketones (excluding diaryl/α,β-unsaturated/α-hetero) is 1. The van der Waals surface area contributed by atoms with Crippen LogP contribution >= 0.6 is 0 Å². The number of anilines is 1. The highest BCUT2D eigenvalue weighted by Crippen LogP contribution is 2.32. The zero-order valence-corrected chi connectivity index (χ0v) is 9.80. The molecular weight excluding hydrogens is 226 g/mol. The van der Waals surface area contributed by atoms with E-state index in [1.807, 2.05) is 36.4 Å². The fourth-order valence-corrected chi connectivity index (χ4v) is 2.16. The number of rotatable bonds is 1. The lowest BCUT2D eigenvalue weighted by atomic mass is 9.96. The van der Waals surface area contributed by atoms with E-state index in [1.165, 1.54) is 0 Å². The number of para-hydroxylation sites is 1. The van der Waals surface area contributed by atoms with E-state index < -0.39 is 6.10 Å². The van der Waals surface area contributed by atoms with Gasteiger partial charge in [0.2, 0.25) is 0 Å². The minimum absolute atomic E-state index is 0.0819. The van der Waals surface area contributed by atoms with Gasteiger partial charge in [0, 0.05) is 23.2 Å². The van der Waals surface area contributed by atoms with Crippen LogP contribution in [0.3, 0.4) is 0 Å². The van der Waals surface area contributed by atoms with Crippen molar-refractivity contribution in [3.63, 3.8) is 0 Å². The van der Waals surface area contributed by atoms with Crippen LogP contribution in [0.4, 0.5) is 5.69 Å². The number of benzene rings is 2. The van der Waals surface area contributed by atoms with Gasteiger partial charge in [0.25, 0.3) is 0 Å². The number of carbonyl (C=O) groups excluding carboxylic acids is 1. The summed E-state index contributed by atoms with van der Waals surface area (Å²) in [5.74, 6) is 0.873. The number of fused-ring (bicyclic) bond motifs is 1. The van der Waals surface area contributed by atoms with Crippen LogP contribution in [0.2, 0.25) is 0 Å². The van der Waals surface area contributed by atoms with E-state index in [-0.39, 0.29) is 5.78 Å². The smallest absolute Gasteiger partial charge is 0.182 e. The van der Waals surface area contributed by atoms with Crippen LogP contribution in [0.1, 0.15) is 17.2 Å². The lowest BCUT2D eigenvalue weighted by Gasteiger charge is -2.25. The molecule has 1 unspecified atom stereocenters. The van der Waals surface area contributed by atoms with Crippen LogP contribution in [0.5, 0.6) is 5.75 Å². The van der Waals surface area contributed by atoms with Crippen LogP contribution < -0.4 is 10.5 Å². The molecule has 3 rings (SSSR count). The van der Waals surface area contributed by atoms with Crippen molar-refractivity contribution >= 4 is 11.5 Å². The average molecular weight is 239 g/mol. The molecule has 0 amide bonds. The summed E-state index contributed by atoms with van der Waals surface area (Å²) in [5, 5.41) is 0. The molecule has 1 aliphatic heterocycles. The lowest BCUT2D eigenvalue weighted by molar-refractivity contribution is -0.126. The van der Waals surface area contributed by atoms with Crippen LogP contribution in [0, 0.1) is 0 Å². The second-order valence-corrected chi connectivity index (χ2v) is 4.42. The van der Waals surface area contributed by atoms with E-state index in [1.54, 1.807) is 12.1 Å². The molecular formula is C15H13NO2. The van der Waals surface area contributed by atoms with Crippen molar-refractivity contribution in [1.82, 2.24) is 0 Å². The first-order valence-corrected chi connectivity index (χ1v) is 5.87. The number of hydrogen-bond donors (Lipinski definition) is 1. The fraction of sp³-hybridized carbons (Fsp3) is 0.133. The minimum Gasteiger partial charge on any atom is -0.478 e. The monoisotopic (exact) mass is 239 g/mol. The van der Waals surface area contributed by atoms with Gasteiger partial charge in [-0.3, -0.25) is 4.79 Å². The van der Waals surface area contributed by atoms with E-state index in [0.29, 0.717) is 12.1 Å². The second-order valence-electron chi connectivity index (χ2n) is 4.42. The molecule has 3 nitrogen and oxygen atoms in total. The second kappa shape index (κ2) is 4.18. The molecule has 90 valence electrons. The predicted octanol–water partition coefficient (Wildman–Crippen LogP) is 2.51. The number of hydrogen-bond acceptors (Lipinski definition) is 3. The SMILES string of the molecule is Nc1ccc(C2Oc3ccccc3CC2=O)cc1. The van der Waals surface area contributed by atoms with Gasteiger partial charge >= 0.3 is 0 Å². The van der Waals surface area contributed by atoms with E-state index in [0.717, 1.165) is 16.9 Å². The van der Waals surface area contributed by atoms with Crippen LogP contribution in [-0.2, 0) is 11.2 Å². The Bertz CT molecular complexity index is 590. The summed E-state index contributed by atoms with van der Waals surface area (Å²) in [6.07, 6.45) is -0.0916. The van der Waals surface area contributed by atoms with Gasteiger partial charge in [-0.1, -0.05) is 30.3 Å². The van der Waals surface area contributed by atoms with Crippen molar-refractivity contribution in [1.29, 1.82) is 0 Å². The van der Waals surface area contributed by atoms with E-state index in [9.17, 15) is 4.79 Å². The Morgan fingerprint density at radius 3 is 2.56 bits per heavy atom. The van der Waals surface area contributed by atoms with Gasteiger partial charge < -0.3 is 10.5 Å². The van der Waals surface area contributed by atoms with Crippen molar-refractivity contribution in [3.05, 3.63) is 59.7 Å². The molecule has 2 aromatic rings. The molecule has 2 N–H and O–H groups in total. The molecule has 1 heterocycles. The lowest BCUT2D eigenvalue weighted by Crippen LogP contribution is -2.25. The Morgan fingerprint density at radius 1 is 1.06 bits per heavy atom. The third kappa shape index (κ3) is 1.84. The molecule has 0 aliphatic carbocycles. The summed E-state index contributed by atoms with van der Waals surface area (Å²) in [7, 11) is 0. The maximum absolute atomic E-state index is 12.1. The van der Waals surface area contributed by atoms with Gasteiger partial charge in [-0.25, -0.2) is 0 Å². The summed E-state index contributed by atoms with van der Waals surface area (Å²) in [6.45, 7) is 0. The number of nitrogen functional groups attached to an aromatic ring is 1. The molecule has 0 saturated heterocycles. The Balaban J connectivity index is 1.95. The molecule has 18 heavy (non-hydrogen) atoms. The van der Waals surface area contributed by atoms with Gasteiger partial charge in [-0.05, 0) is 18.2 Å². The van der Waals surface area contributed by atoms with Crippen LogP contribution in [-0.4, -0.2) is 5.78 Å². The molecule has 0 spiro atoms. The zero-order valence-electron chi connectivity index (χ0n) is 9.80. The summed E-state index contributed by atoms with van der Waals surface area (Å²) in [4.78, 5) is 12.1. The molecule has 2 aromatic carbocycles. The summed E-state index contributed by atoms with van der Waals surface area (Å²) < 4.78 is 5.78. The summed E-state index contributed by atoms with van der Waals surface area (Å²) in [5.41, 5.74) is 8.13. The third-order valence-corrected chi connectivity index (χ3v) is 3.11. The Morgan fingerprint density at radius 2 is 1.78 bits per heavy atom. The maximum atomic E-state index is 12.1. The molecule has 0 saturated carbocycles.